The lowest BCUT2D eigenvalue weighted by molar-refractivity contribution is -0.130. The second-order valence-corrected chi connectivity index (χ2v) is 10.5. The SMILES string of the molecule is CSCC[C@H](NC(=O)[C@H](C)NC(=O)[C@H](C)NC(=O)OC(C)(C)C)C(=O)SCc1ccccc1. The number of alkyl carbamates (subject to hydrolysis) is 1. The van der Waals surface area contributed by atoms with Crippen LogP contribution in [0.1, 0.15) is 46.6 Å². The van der Waals surface area contributed by atoms with E-state index in [9.17, 15) is 19.2 Å². The van der Waals surface area contributed by atoms with Crippen LogP contribution in [0.25, 0.3) is 0 Å². The number of rotatable bonds is 11. The van der Waals surface area contributed by atoms with Gasteiger partial charge in [-0.1, -0.05) is 42.1 Å². The molecule has 0 saturated carbocycles. The zero-order chi connectivity index (χ0) is 25.0. The Bertz CT molecular complexity index is 799. The summed E-state index contributed by atoms with van der Waals surface area (Å²) in [6, 6.07) is 7.19. The van der Waals surface area contributed by atoms with E-state index >= 15 is 0 Å². The first-order valence-corrected chi connectivity index (χ1v) is 13.1. The molecule has 0 aliphatic carbocycles. The van der Waals surface area contributed by atoms with Crippen LogP contribution in [-0.4, -0.2) is 58.8 Å². The molecule has 0 fully saturated rings. The van der Waals surface area contributed by atoms with Crippen molar-refractivity contribution in [1.82, 2.24) is 16.0 Å². The van der Waals surface area contributed by atoms with E-state index in [-0.39, 0.29) is 5.12 Å². The van der Waals surface area contributed by atoms with Crippen LogP contribution in [0.2, 0.25) is 0 Å². The van der Waals surface area contributed by atoms with Crippen molar-refractivity contribution >= 4 is 46.5 Å². The van der Waals surface area contributed by atoms with E-state index in [4.69, 9.17) is 4.74 Å². The van der Waals surface area contributed by atoms with Crippen molar-refractivity contribution in [2.24, 2.45) is 0 Å². The number of nitrogens with one attached hydrogen (secondary N) is 3. The number of carbonyl (C=O) groups is 4. The molecule has 0 aliphatic rings. The molecule has 184 valence electrons. The van der Waals surface area contributed by atoms with Gasteiger partial charge in [-0.25, -0.2) is 4.79 Å². The zero-order valence-electron chi connectivity index (χ0n) is 20.1. The number of hydrogen-bond donors (Lipinski definition) is 3. The highest BCUT2D eigenvalue weighted by atomic mass is 32.2. The Morgan fingerprint density at radius 2 is 1.52 bits per heavy atom. The van der Waals surface area contributed by atoms with E-state index in [2.05, 4.69) is 16.0 Å². The molecule has 8 nitrogen and oxygen atoms in total. The van der Waals surface area contributed by atoms with E-state index in [0.717, 1.165) is 17.3 Å². The molecule has 1 rings (SSSR count). The molecule has 0 aliphatic heterocycles. The Kier molecular flexibility index (Phi) is 12.4. The monoisotopic (exact) mass is 497 g/mol. The number of ether oxygens (including phenoxy) is 1. The number of carbonyl (C=O) groups excluding carboxylic acids is 4. The highest BCUT2D eigenvalue weighted by Crippen LogP contribution is 2.17. The topological polar surface area (TPSA) is 114 Å². The molecule has 0 radical (unpaired) electrons. The summed E-state index contributed by atoms with van der Waals surface area (Å²) in [4.78, 5) is 49.6. The minimum absolute atomic E-state index is 0.125. The van der Waals surface area contributed by atoms with Crippen LogP contribution in [0.15, 0.2) is 30.3 Å². The molecule has 1 aromatic carbocycles. The minimum Gasteiger partial charge on any atom is -0.444 e. The fourth-order valence-electron chi connectivity index (χ4n) is 2.56. The first kappa shape index (κ1) is 28.8. The van der Waals surface area contributed by atoms with Crippen molar-refractivity contribution in [1.29, 1.82) is 0 Å². The van der Waals surface area contributed by atoms with Crippen LogP contribution >= 0.6 is 23.5 Å². The van der Waals surface area contributed by atoms with Gasteiger partial charge < -0.3 is 20.7 Å². The molecule has 3 atom stereocenters. The minimum atomic E-state index is -0.898. The predicted octanol–water partition coefficient (Wildman–Crippen LogP) is 3.10. The lowest BCUT2D eigenvalue weighted by atomic mass is 10.2. The summed E-state index contributed by atoms with van der Waals surface area (Å²) in [6.07, 6.45) is 1.70. The van der Waals surface area contributed by atoms with Crippen LogP contribution < -0.4 is 16.0 Å². The average molecular weight is 498 g/mol. The second-order valence-electron chi connectivity index (χ2n) is 8.53. The van der Waals surface area contributed by atoms with E-state index in [1.54, 1.807) is 32.5 Å². The van der Waals surface area contributed by atoms with Gasteiger partial charge in [0, 0.05) is 5.75 Å². The maximum absolute atomic E-state index is 12.7. The van der Waals surface area contributed by atoms with E-state index in [0.29, 0.717) is 17.9 Å². The van der Waals surface area contributed by atoms with Gasteiger partial charge in [-0.3, -0.25) is 14.4 Å². The molecule has 3 N–H and O–H groups in total. The smallest absolute Gasteiger partial charge is 0.408 e. The van der Waals surface area contributed by atoms with Gasteiger partial charge in [-0.15, -0.1) is 0 Å². The zero-order valence-corrected chi connectivity index (χ0v) is 21.7. The van der Waals surface area contributed by atoms with Crippen LogP contribution in [0, 0.1) is 0 Å². The molecule has 0 saturated heterocycles. The van der Waals surface area contributed by atoms with Gasteiger partial charge in [0.2, 0.25) is 16.9 Å². The van der Waals surface area contributed by atoms with Gasteiger partial charge in [-0.2, -0.15) is 11.8 Å². The molecule has 0 spiro atoms. The summed E-state index contributed by atoms with van der Waals surface area (Å²) < 4.78 is 5.13. The fraction of sp³-hybridized carbons (Fsp3) is 0.565. The van der Waals surface area contributed by atoms with Gasteiger partial charge in [0.1, 0.15) is 17.7 Å². The Balaban J connectivity index is 2.61. The van der Waals surface area contributed by atoms with Gasteiger partial charge in [0.15, 0.2) is 0 Å². The van der Waals surface area contributed by atoms with Crippen molar-refractivity contribution in [2.75, 3.05) is 12.0 Å². The van der Waals surface area contributed by atoms with Crippen molar-refractivity contribution < 1.29 is 23.9 Å². The van der Waals surface area contributed by atoms with E-state index < -0.39 is 41.6 Å². The highest BCUT2D eigenvalue weighted by Gasteiger charge is 2.26. The third kappa shape index (κ3) is 12.0. The highest BCUT2D eigenvalue weighted by molar-refractivity contribution is 8.13. The number of amides is 3. The predicted molar refractivity (Wildman–Crippen MR) is 134 cm³/mol. The number of hydrogen-bond acceptors (Lipinski definition) is 7. The summed E-state index contributed by atoms with van der Waals surface area (Å²) in [5.74, 6) is 0.229. The van der Waals surface area contributed by atoms with Gasteiger partial charge in [0.25, 0.3) is 0 Å². The Hall–Kier alpha value is -2.20. The number of benzene rings is 1. The lowest BCUT2D eigenvalue weighted by Crippen LogP contribution is -2.54. The first-order chi connectivity index (χ1) is 15.4. The molecular weight excluding hydrogens is 462 g/mol. The molecule has 0 aromatic heterocycles. The Morgan fingerprint density at radius 3 is 2.09 bits per heavy atom. The Labute approximate surface area is 204 Å². The van der Waals surface area contributed by atoms with E-state index in [1.165, 1.54) is 13.8 Å². The first-order valence-electron chi connectivity index (χ1n) is 10.7. The maximum Gasteiger partial charge on any atom is 0.408 e. The largest absolute Gasteiger partial charge is 0.444 e. The standard InChI is InChI=1S/C23H35N3O5S2/c1-15(24-19(27)16(2)25-22(30)31-23(3,4)5)20(28)26-18(12-13-32-6)21(29)33-14-17-10-8-7-9-11-17/h7-11,15-16,18H,12-14H2,1-6H3,(H,24,27)(H,25,30)(H,26,28)/t15-,16-,18-/m0/s1. The molecular formula is C23H35N3O5S2. The molecule has 0 heterocycles. The lowest BCUT2D eigenvalue weighted by Gasteiger charge is -2.23. The molecule has 10 heteroatoms. The van der Waals surface area contributed by atoms with Gasteiger partial charge in [0.05, 0.1) is 6.04 Å². The van der Waals surface area contributed by atoms with Crippen molar-refractivity contribution in [3.05, 3.63) is 35.9 Å². The van der Waals surface area contributed by atoms with E-state index in [1.807, 2.05) is 36.6 Å². The second kappa shape index (κ2) is 14.1. The average Bonchev–Trinajstić information content (AvgIpc) is 2.73. The van der Waals surface area contributed by atoms with Crippen molar-refractivity contribution in [3.8, 4) is 0 Å². The normalized spacial score (nSPS) is 13.9. The summed E-state index contributed by atoms with van der Waals surface area (Å²) in [7, 11) is 0. The van der Waals surface area contributed by atoms with Gasteiger partial charge in [-0.05, 0) is 58.6 Å². The summed E-state index contributed by atoms with van der Waals surface area (Å²) >= 11 is 2.75. The summed E-state index contributed by atoms with van der Waals surface area (Å²) in [5, 5.41) is 7.63. The van der Waals surface area contributed by atoms with Crippen LogP contribution in [0.4, 0.5) is 4.79 Å². The summed E-state index contributed by atoms with van der Waals surface area (Å²) in [5.41, 5.74) is 0.336. The molecule has 0 unspecified atom stereocenters. The Morgan fingerprint density at radius 1 is 0.939 bits per heavy atom. The third-order valence-corrected chi connectivity index (χ3v) is 6.00. The molecule has 0 bridgehead atoms. The molecule has 3 amide bonds. The number of thioether (sulfide) groups is 2. The van der Waals surface area contributed by atoms with Crippen LogP contribution in [0.3, 0.4) is 0 Å². The molecule has 1 aromatic rings. The van der Waals surface area contributed by atoms with Gasteiger partial charge >= 0.3 is 6.09 Å². The maximum atomic E-state index is 12.7. The molecule has 33 heavy (non-hydrogen) atoms. The fourth-order valence-corrected chi connectivity index (χ4v) is 3.92. The van der Waals surface area contributed by atoms with Crippen molar-refractivity contribution in [3.63, 3.8) is 0 Å². The van der Waals surface area contributed by atoms with Crippen molar-refractivity contribution in [2.45, 2.75) is 70.5 Å². The van der Waals surface area contributed by atoms with Crippen LogP contribution in [-0.2, 0) is 24.9 Å². The van der Waals surface area contributed by atoms with Crippen LogP contribution in [0.5, 0.6) is 0 Å². The quantitative estimate of drug-likeness (QED) is 0.430. The third-order valence-electron chi connectivity index (χ3n) is 4.31. The summed E-state index contributed by atoms with van der Waals surface area (Å²) in [6.45, 7) is 8.18.